The minimum absolute atomic E-state index is 0.00896. The Morgan fingerprint density at radius 1 is 0.700 bits per heavy atom. The molecule has 0 amide bonds. The molecule has 4 rings (SSSR count). The lowest BCUT2D eigenvalue weighted by Crippen LogP contribution is -2.28. The lowest BCUT2D eigenvalue weighted by molar-refractivity contribution is -0.148. The lowest BCUT2D eigenvalue weighted by Gasteiger charge is -2.21. The molecule has 0 spiro atoms. The van der Waals surface area contributed by atoms with Crippen LogP contribution in [0.2, 0.25) is 0 Å². The third-order valence-corrected chi connectivity index (χ3v) is 6.88. The molecule has 0 aromatic carbocycles. The Morgan fingerprint density at radius 2 is 1.00 bits per heavy atom. The van der Waals surface area contributed by atoms with E-state index < -0.39 is 0 Å². The first-order valence-corrected chi connectivity index (χ1v) is 7.84. The Labute approximate surface area is 119 Å². The van der Waals surface area contributed by atoms with Crippen molar-refractivity contribution in [3.8, 4) is 0 Å². The van der Waals surface area contributed by atoms with Crippen molar-refractivity contribution in [3.63, 3.8) is 0 Å². The molecule has 110 valence electrons. The van der Waals surface area contributed by atoms with Gasteiger partial charge in [0.15, 0.2) is 0 Å². The number of hydrogen-bond acceptors (Lipinski definition) is 4. The number of carbonyl (C=O) groups excluding carboxylic acids is 2. The van der Waals surface area contributed by atoms with Gasteiger partial charge in [-0.2, -0.15) is 0 Å². The summed E-state index contributed by atoms with van der Waals surface area (Å²) in [6, 6.07) is 0. The van der Waals surface area contributed by atoms with Crippen LogP contribution in [-0.2, 0) is 19.1 Å². The van der Waals surface area contributed by atoms with Crippen LogP contribution in [-0.4, -0.2) is 26.2 Å². The van der Waals surface area contributed by atoms with Crippen molar-refractivity contribution in [3.05, 3.63) is 0 Å². The number of hydrogen-bond donors (Lipinski definition) is 0. The average Bonchev–Trinajstić information content (AvgIpc) is 3.15. The van der Waals surface area contributed by atoms with Crippen molar-refractivity contribution in [1.29, 1.82) is 0 Å². The van der Waals surface area contributed by atoms with Gasteiger partial charge in [0.2, 0.25) is 0 Å². The van der Waals surface area contributed by atoms with E-state index in [0.29, 0.717) is 35.5 Å². The van der Waals surface area contributed by atoms with E-state index in [4.69, 9.17) is 9.47 Å². The highest BCUT2D eigenvalue weighted by atomic mass is 16.5. The molecule has 0 bridgehead atoms. The molecule has 4 nitrogen and oxygen atoms in total. The minimum atomic E-state index is -0.00896. The molecule has 0 aromatic rings. The molecule has 4 heteroatoms. The summed E-state index contributed by atoms with van der Waals surface area (Å²) in [5.74, 6) is 3.16. The molecule has 0 saturated heterocycles. The summed E-state index contributed by atoms with van der Waals surface area (Å²) >= 11 is 0. The van der Waals surface area contributed by atoms with Crippen molar-refractivity contribution < 1.29 is 19.1 Å². The second kappa shape index (κ2) is 4.22. The van der Waals surface area contributed by atoms with Crippen molar-refractivity contribution in [2.24, 2.45) is 47.3 Å². The number of carbonyl (C=O) groups is 2. The van der Waals surface area contributed by atoms with E-state index in [2.05, 4.69) is 0 Å². The van der Waals surface area contributed by atoms with Gasteiger partial charge in [0.1, 0.15) is 0 Å². The summed E-state index contributed by atoms with van der Waals surface area (Å²) in [5, 5.41) is 0. The monoisotopic (exact) mass is 278 g/mol. The van der Waals surface area contributed by atoms with Crippen molar-refractivity contribution in [2.75, 3.05) is 14.2 Å². The topological polar surface area (TPSA) is 52.6 Å². The molecular weight excluding hydrogens is 256 g/mol. The molecular formula is C16H22O4. The summed E-state index contributed by atoms with van der Waals surface area (Å²) in [6.07, 6.45) is 4.34. The Hall–Kier alpha value is -1.06. The Balaban J connectivity index is 1.70. The van der Waals surface area contributed by atoms with Crippen LogP contribution < -0.4 is 0 Å². The largest absolute Gasteiger partial charge is 0.469 e. The van der Waals surface area contributed by atoms with Crippen LogP contribution in [0.5, 0.6) is 0 Å². The van der Waals surface area contributed by atoms with Gasteiger partial charge in [-0.25, -0.2) is 0 Å². The van der Waals surface area contributed by atoms with Gasteiger partial charge in [-0.3, -0.25) is 9.59 Å². The normalized spacial score (nSPS) is 51.1. The molecule has 4 unspecified atom stereocenters. The number of methoxy groups -OCH3 is 2. The van der Waals surface area contributed by atoms with E-state index in [0.717, 1.165) is 25.7 Å². The SMILES string of the molecule is COC(=O)C1[C@H]2CC[C@H]3C(C(=O)OC)[C@H]4CC[C@@H]1C4C23. The van der Waals surface area contributed by atoms with Crippen LogP contribution >= 0.6 is 0 Å². The maximum absolute atomic E-state index is 12.2. The maximum Gasteiger partial charge on any atom is 0.309 e. The van der Waals surface area contributed by atoms with Crippen molar-refractivity contribution in [2.45, 2.75) is 25.7 Å². The summed E-state index contributed by atoms with van der Waals surface area (Å²) in [7, 11) is 3.01. The van der Waals surface area contributed by atoms with Crippen LogP contribution in [0.1, 0.15) is 25.7 Å². The van der Waals surface area contributed by atoms with Crippen LogP contribution in [0.3, 0.4) is 0 Å². The first-order valence-electron chi connectivity index (χ1n) is 7.84. The molecule has 4 saturated carbocycles. The van der Waals surface area contributed by atoms with Gasteiger partial charge in [0.25, 0.3) is 0 Å². The first kappa shape index (κ1) is 12.7. The van der Waals surface area contributed by atoms with E-state index in [9.17, 15) is 9.59 Å². The second-order valence-corrected chi connectivity index (χ2v) is 7.06. The number of esters is 2. The Bertz CT molecular complexity index is 393. The smallest absolute Gasteiger partial charge is 0.309 e. The number of ether oxygens (including phenoxy) is 2. The van der Waals surface area contributed by atoms with Gasteiger partial charge in [0, 0.05) is 0 Å². The van der Waals surface area contributed by atoms with Crippen LogP contribution in [0, 0.1) is 47.3 Å². The third kappa shape index (κ3) is 1.33. The van der Waals surface area contributed by atoms with E-state index in [-0.39, 0.29) is 23.8 Å². The molecule has 4 aliphatic rings. The van der Waals surface area contributed by atoms with E-state index in [1.54, 1.807) is 0 Å². The van der Waals surface area contributed by atoms with Crippen molar-refractivity contribution >= 4 is 11.9 Å². The van der Waals surface area contributed by atoms with Gasteiger partial charge >= 0.3 is 11.9 Å². The van der Waals surface area contributed by atoms with Crippen molar-refractivity contribution in [1.82, 2.24) is 0 Å². The molecule has 0 aliphatic heterocycles. The summed E-state index contributed by atoms with van der Waals surface area (Å²) in [5.41, 5.74) is 0. The highest BCUT2D eigenvalue weighted by molar-refractivity contribution is 5.76. The highest BCUT2D eigenvalue weighted by Gasteiger charge is 2.69. The van der Waals surface area contributed by atoms with Gasteiger partial charge < -0.3 is 9.47 Å². The fourth-order valence-corrected chi connectivity index (χ4v) is 6.60. The molecule has 20 heavy (non-hydrogen) atoms. The lowest BCUT2D eigenvalue weighted by atomic mass is 9.85. The Kier molecular flexibility index (Phi) is 2.67. The zero-order valence-corrected chi connectivity index (χ0v) is 12.1. The summed E-state index contributed by atoms with van der Waals surface area (Å²) in [4.78, 5) is 24.4. The van der Waals surface area contributed by atoms with E-state index in [1.165, 1.54) is 14.2 Å². The highest BCUT2D eigenvalue weighted by Crippen LogP contribution is 2.71. The molecule has 4 fully saturated rings. The Morgan fingerprint density at radius 3 is 1.25 bits per heavy atom. The zero-order valence-electron chi connectivity index (χ0n) is 12.1. The maximum atomic E-state index is 12.2. The molecule has 4 aliphatic carbocycles. The van der Waals surface area contributed by atoms with Gasteiger partial charge in [-0.05, 0) is 61.2 Å². The van der Waals surface area contributed by atoms with Gasteiger partial charge in [0.05, 0.1) is 26.1 Å². The zero-order chi connectivity index (χ0) is 14.0. The fourth-order valence-electron chi connectivity index (χ4n) is 6.60. The summed E-state index contributed by atoms with van der Waals surface area (Å²) in [6.45, 7) is 0. The molecule has 8 atom stereocenters. The third-order valence-electron chi connectivity index (χ3n) is 6.88. The molecule has 0 N–H and O–H groups in total. The first-order chi connectivity index (χ1) is 9.69. The second-order valence-electron chi connectivity index (χ2n) is 7.06. The van der Waals surface area contributed by atoms with Crippen LogP contribution in [0.15, 0.2) is 0 Å². The molecule has 0 radical (unpaired) electrons. The van der Waals surface area contributed by atoms with Crippen LogP contribution in [0.4, 0.5) is 0 Å². The fraction of sp³-hybridized carbons (Fsp3) is 0.875. The molecule has 0 aromatic heterocycles. The quantitative estimate of drug-likeness (QED) is 0.724. The van der Waals surface area contributed by atoms with Gasteiger partial charge in [-0.15, -0.1) is 0 Å². The predicted octanol–water partition coefficient (Wildman–Crippen LogP) is 1.88. The predicted molar refractivity (Wildman–Crippen MR) is 70.4 cm³/mol. The van der Waals surface area contributed by atoms with E-state index >= 15 is 0 Å². The summed E-state index contributed by atoms with van der Waals surface area (Å²) < 4.78 is 10.1. The molecule has 0 heterocycles. The average molecular weight is 278 g/mol. The minimum Gasteiger partial charge on any atom is -0.469 e. The van der Waals surface area contributed by atoms with E-state index in [1.807, 2.05) is 0 Å². The van der Waals surface area contributed by atoms with Gasteiger partial charge in [-0.1, -0.05) is 0 Å². The standard InChI is InChI=1S/C16H22O4/c1-19-15(17)13-7-3-5-9-11(7)12-8(13)4-6-10(12)14(9)16(18)20-2/h7-14H,3-6H2,1-2H3/t7-,8+,9+,10-,11?,12?,13?,14?. The van der Waals surface area contributed by atoms with Crippen LogP contribution in [0.25, 0.3) is 0 Å². The number of rotatable bonds is 2.